The van der Waals surface area contributed by atoms with Crippen LogP contribution in [0.15, 0.2) is 42.5 Å². The number of para-hydroxylation sites is 1. The van der Waals surface area contributed by atoms with Gasteiger partial charge in [0.05, 0.1) is 18.0 Å². The minimum Gasteiger partial charge on any atom is -0.348 e. The van der Waals surface area contributed by atoms with Crippen LogP contribution in [0.2, 0.25) is 0 Å². The normalized spacial score (nSPS) is 12.5. The molecule has 6 heteroatoms. The van der Waals surface area contributed by atoms with Crippen molar-refractivity contribution in [1.82, 2.24) is 5.32 Å². The Hall–Kier alpha value is -2.34. The Morgan fingerprint density at radius 2 is 1.81 bits per heavy atom. The molecule has 27 heavy (non-hydrogen) atoms. The second-order valence-electron chi connectivity index (χ2n) is 6.90. The molecule has 0 unspecified atom stereocenters. The summed E-state index contributed by atoms with van der Waals surface area (Å²) in [6.07, 6.45) is 1.81. The number of carbonyl (C=O) groups excluding carboxylic acids is 1. The molecule has 0 aliphatic carbocycles. The Morgan fingerprint density at radius 3 is 2.44 bits per heavy atom. The van der Waals surface area contributed by atoms with Crippen LogP contribution < -0.4 is 9.62 Å². The zero-order valence-electron chi connectivity index (χ0n) is 16.6. The molecule has 0 spiro atoms. The number of hydrogen-bond acceptors (Lipinski definition) is 3. The van der Waals surface area contributed by atoms with Gasteiger partial charge in [0, 0.05) is 0 Å². The van der Waals surface area contributed by atoms with Gasteiger partial charge in [0.15, 0.2) is 0 Å². The molecule has 146 valence electrons. The van der Waals surface area contributed by atoms with E-state index in [1.165, 1.54) is 4.31 Å². The third kappa shape index (κ3) is 5.32. The minimum absolute atomic E-state index is 0.208. The molecule has 0 aliphatic heterocycles. The van der Waals surface area contributed by atoms with E-state index in [1.807, 2.05) is 58.0 Å². The van der Waals surface area contributed by atoms with Crippen LogP contribution in [0, 0.1) is 13.8 Å². The summed E-state index contributed by atoms with van der Waals surface area (Å²) in [5.41, 5.74) is 4.68. The van der Waals surface area contributed by atoms with E-state index in [-0.39, 0.29) is 18.5 Å². The molecule has 1 N–H and O–H groups in total. The minimum atomic E-state index is -3.59. The van der Waals surface area contributed by atoms with Crippen LogP contribution >= 0.6 is 0 Å². The molecule has 0 saturated heterocycles. The lowest BCUT2D eigenvalue weighted by Crippen LogP contribution is -2.41. The quantitative estimate of drug-likeness (QED) is 0.789. The molecule has 5 nitrogen and oxygen atoms in total. The monoisotopic (exact) mass is 388 g/mol. The summed E-state index contributed by atoms with van der Waals surface area (Å²) in [4.78, 5) is 12.6. The predicted molar refractivity (Wildman–Crippen MR) is 110 cm³/mol. The van der Waals surface area contributed by atoms with E-state index in [1.54, 1.807) is 12.1 Å². The highest BCUT2D eigenvalue weighted by Gasteiger charge is 2.23. The van der Waals surface area contributed by atoms with Crippen molar-refractivity contribution in [2.24, 2.45) is 0 Å². The van der Waals surface area contributed by atoms with Crippen molar-refractivity contribution in [3.05, 3.63) is 64.7 Å². The van der Waals surface area contributed by atoms with Crippen LogP contribution in [-0.4, -0.2) is 27.1 Å². The average molecular weight is 389 g/mol. The molecule has 2 rings (SSSR count). The molecule has 0 aliphatic rings. The molecule has 1 atom stereocenters. The van der Waals surface area contributed by atoms with Crippen molar-refractivity contribution in [3.8, 4) is 0 Å². The second-order valence-corrected chi connectivity index (χ2v) is 8.81. The van der Waals surface area contributed by atoms with Gasteiger partial charge in [0.2, 0.25) is 15.9 Å². The summed E-state index contributed by atoms with van der Waals surface area (Å²) < 4.78 is 25.8. The molecular formula is C21H28N2O3S. The Labute approximate surface area is 162 Å². The third-order valence-electron chi connectivity index (χ3n) is 4.61. The number of amides is 1. The van der Waals surface area contributed by atoms with Crippen molar-refractivity contribution in [2.75, 3.05) is 17.1 Å². The summed E-state index contributed by atoms with van der Waals surface area (Å²) >= 11 is 0. The number of nitrogens with one attached hydrogen (secondary N) is 1. The smallest absolute Gasteiger partial charge is 0.241 e. The van der Waals surface area contributed by atoms with Gasteiger partial charge in [0.1, 0.15) is 6.54 Å². The number of anilines is 1. The fourth-order valence-corrected chi connectivity index (χ4v) is 4.04. The highest BCUT2D eigenvalue weighted by Crippen LogP contribution is 2.24. The number of hydrogen-bond donors (Lipinski definition) is 1. The fraction of sp³-hybridized carbons (Fsp3) is 0.381. The summed E-state index contributed by atoms with van der Waals surface area (Å²) in [5, 5.41) is 2.93. The van der Waals surface area contributed by atoms with Gasteiger partial charge in [-0.3, -0.25) is 9.10 Å². The van der Waals surface area contributed by atoms with Crippen molar-refractivity contribution in [3.63, 3.8) is 0 Å². The first kappa shape index (κ1) is 21.0. The highest BCUT2D eigenvalue weighted by atomic mass is 32.2. The number of benzene rings is 2. The Kier molecular flexibility index (Phi) is 6.65. The van der Waals surface area contributed by atoms with E-state index < -0.39 is 10.0 Å². The molecule has 0 fully saturated rings. The zero-order chi connectivity index (χ0) is 20.2. The molecular weight excluding hydrogens is 360 g/mol. The number of nitrogens with zero attached hydrogens (tertiary/aromatic N) is 1. The van der Waals surface area contributed by atoms with Gasteiger partial charge in [0.25, 0.3) is 0 Å². The van der Waals surface area contributed by atoms with Crippen molar-refractivity contribution in [2.45, 2.75) is 40.2 Å². The molecule has 2 aromatic rings. The summed E-state index contributed by atoms with van der Waals surface area (Å²) in [5.74, 6) is -0.334. The lowest BCUT2D eigenvalue weighted by atomic mass is 10.00. The van der Waals surface area contributed by atoms with Crippen LogP contribution in [0.1, 0.15) is 42.1 Å². The predicted octanol–water partition coefficient (Wildman–Crippen LogP) is 3.51. The number of rotatable bonds is 7. The maximum absolute atomic E-state index is 12.6. The van der Waals surface area contributed by atoms with Crippen LogP contribution in [0.25, 0.3) is 0 Å². The van der Waals surface area contributed by atoms with Gasteiger partial charge in [-0.15, -0.1) is 0 Å². The average Bonchev–Trinajstić information content (AvgIpc) is 2.60. The van der Waals surface area contributed by atoms with Crippen LogP contribution in [0.3, 0.4) is 0 Å². The van der Waals surface area contributed by atoms with Gasteiger partial charge in [-0.1, -0.05) is 48.9 Å². The maximum Gasteiger partial charge on any atom is 0.241 e. The molecule has 0 saturated carbocycles. The first-order chi connectivity index (χ1) is 12.6. The molecule has 0 bridgehead atoms. The van der Waals surface area contributed by atoms with E-state index >= 15 is 0 Å². The van der Waals surface area contributed by atoms with Crippen LogP contribution in [-0.2, 0) is 21.2 Å². The van der Waals surface area contributed by atoms with E-state index in [4.69, 9.17) is 0 Å². The van der Waals surface area contributed by atoms with E-state index in [9.17, 15) is 13.2 Å². The molecule has 2 aromatic carbocycles. The number of carbonyl (C=O) groups is 1. The van der Waals surface area contributed by atoms with Crippen molar-refractivity contribution in [1.29, 1.82) is 0 Å². The summed E-state index contributed by atoms with van der Waals surface area (Å²) in [6, 6.07) is 13.1. The highest BCUT2D eigenvalue weighted by molar-refractivity contribution is 7.92. The van der Waals surface area contributed by atoms with Crippen LogP contribution in [0.5, 0.6) is 0 Å². The van der Waals surface area contributed by atoms with Gasteiger partial charge < -0.3 is 5.32 Å². The fourth-order valence-electron chi connectivity index (χ4n) is 3.16. The third-order valence-corrected chi connectivity index (χ3v) is 5.73. The summed E-state index contributed by atoms with van der Waals surface area (Å²) in [7, 11) is -3.59. The van der Waals surface area contributed by atoms with E-state index in [2.05, 4.69) is 5.32 Å². The van der Waals surface area contributed by atoms with Crippen LogP contribution in [0.4, 0.5) is 5.69 Å². The second kappa shape index (κ2) is 8.57. The van der Waals surface area contributed by atoms with Gasteiger partial charge >= 0.3 is 0 Å². The Morgan fingerprint density at radius 1 is 1.15 bits per heavy atom. The molecule has 1 amide bonds. The molecule has 0 radical (unpaired) electrons. The van der Waals surface area contributed by atoms with Crippen molar-refractivity contribution < 1.29 is 13.2 Å². The van der Waals surface area contributed by atoms with Gasteiger partial charge in [-0.05, 0) is 49.9 Å². The van der Waals surface area contributed by atoms with E-state index in [0.717, 1.165) is 28.5 Å². The topological polar surface area (TPSA) is 66.5 Å². The SMILES string of the molecule is CCc1ccccc1N(CC(=O)N[C@@H](C)c1cc(C)ccc1C)S(C)(=O)=O. The van der Waals surface area contributed by atoms with Crippen molar-refractivity contribution >= 4 is 21.6 Å². The molecule has 0 heterocycles. The Balaban J connectivity index is 2.23. The maximum atomic E-state index is 12.6. The lowest BCUT2D eigenvalue weighted by molar-refractivity contribution is -0.120. The van der Waals surface area contributed by atoms with E-state index in [0.29, 0.717) is 12.1 Å². The largest absolute Gasteiger partial charge is 0.348 e. The van der Waals surface area contributed by atoms with Gasteiger partial charge in [-0.25, -0.2) is 8.42 Å². The van der Waals surface area contributed by atoms with Gasteiger partial charge in [-0.2, -0.15) is 0 Å². The Bertz CT molecular complexity index is 923. The molecule has 0 aromatic heterocycles. The zero-order valence-corrected chi connectivity index (χ0v) is 17.4. The first-order valence-electron chi connectivity index (χ1n) is 9.05. The first-order valence-corrected chi connectivity index (χ1v) is 10.9. The number of aryl methyl sites for hydroxylation is 3. The standard InChI is InChI=1S/C21H28N2O3S/c1-6-18-9-7-8-10-20(18)23(27(5,25)26)14-21(24)22-17(4)19-13-15(2)11-12-16(19)3/h7-13,17H,6,14H2,1-5H3,(H,22,24)/t17-/m0/s1. The summed E-state index contributed by atoms with van der Waals surface area (Å²) in [6.45, 7) is 7.62. The number of sulfonamides is 1. The lowest BCUT2D eigenvalue weighted by Gasteiger charge is -2.25.